The number of halogens is 1. The van der Waals surface area contributed by atoms with Gasteiger partial charge < -0.3 is 14.6 Å². The zero-order chi connectivity index (χ0) is 20.3. The second-order valence-corrected chi connectivity index (χ2v) is 5.78. The molecule has 0 unspecified atom stereocenters. The minimum Gasteiger partial charge on any atom is -0.461 e. The smallest absolute Gasteiger partial charge is 0.355 e. The van der Waals surface area contributed by atoms with Crippen LogP contribution >= 0.6 is 0 Å². The highest BCUT2D eigenvalue weighted by atomic mass is 19.1. The van der Waals surface area contributed by atoms with Crippen molar-refractivity contribution >= 4 is 23.3 Å². The number of amides is 1. The first-order valence-corrected chi connectivity index (χ1v) is 8.34. The molecule has 1 aromatic carbocycles. The summed E-state index contributed by atoms with van der Waals surface area (Å²) < 4.78 is 20.2. The van der Waals surface area contributed by atoms with Crippen LogP contribution in [0.3, 0.4) is 0 Å². The van der Waals surface area contributed by atoms with Gasteiger partial charge in [-0.2, -0.15) is 4.39 Å². The number of hydrogen-bond acceptors (Lipinski definition) is 5. The third-order valence-electron chi connectivity index (χ3n) is 4.18. The largest absolute Gasteiger partial charge is 0.461 e. The zero-order valence-corrected chi connectivity index (χ0v) is 15.5. The highest BCUT2D eigenvalue weighted by Gasteiger charge is 2.27. The normalized spacial score (nSPS) is 10.6. The number of aromatic nitrogens is 1. The number of hydrogen-bond donors (Lipinski definition) is 1. The summed E-state index contributed by atoms with van der Waals surface area (Å²) >= 11 is 0. The number of nitrogens with one attached hydrogen (secondary N) is 1. The predicted molar refractivity (Wildman–Crippen MR) is 96.5 cm³/mol. The monoisotopic (exact) mass is 377 g/mol. The molecule has 144 valence electrons. The fraction of sp³-hybridized carbons (Fsp3) is 0.333. The van der Waals surface area contributed by atoms with Crippen molar-refractivity contribution in [1.29, 1.82) is 0 Å². The Morgan fingerprint density at radius 3 is 2.52 bits per heavy atom. The standard InChI is InChI=1S/C18H20FN3O5/c1-5-21-11(4)15(10(3)16(21)18(24)27-6-2)17(23)20-12-7-8-13(19)14(9-12)22(25)26/h7-9H,5-6H2,1-4H3,(H,20,23). The van der Waals surface area contributed by atoms with Gasteiger partial charge in [-0.3, -0.25) is 14.9 Å². The number of benzene rings is 1. The molecule has 27 heavy (non-hydrogen) atoms. The predicted octanol–water partition coefficient (Wildman–Crippen LogP) is 3.60. The van der Waals surface area contributed by atoms with Crippen molar-refractivity contribution in [2.24, 2.45) is 0 Å². The van der Waals surface area contributed by atoms with Crippen molar-refractivity contribution in [2.45, 2.75) is 34.2 Å². The van der Waals surface area contributed by atoms with Crippen molar-refractivity contribution in [1.82, 2.24) is 4.57 Å². The minimum atomic E-state index is -0.993. The fourth-order valence-corrected chi connectivity index (χ4v) is 3.01. The topological polar surface area (TPSA) is 103 Å². The maximum absolute atomic E-state index is 13.5. The molecule has 0 saturated carbocycles. The van der Waals surface area contributed by atoms with E-state index in [4.69, 9.17) is 4.74 Å². The van der Waals surface area contributed by atoms with Gasteiger partial charge in [0.15, 0.2) is 0 Å². The van der Waals surface area contributed by atoms with Crippen molar-refractivity contribution in [3.63, 3.8) is 0 Å². The van der Waals surface area contributed by atoms with E-state index in [0.717, 1.165) is 12.1 Å². The summed E-state index contributed by atoms with van der Waals surface area (Å²) in [5, 5.41) is 13.4. The summed E-state index contributed by atoms with van der Waals surface area (Å²) in [6.45, 7) is 7.51. The summed E-state index contributed by atoms with van der Waals surface area (Å²) in [5.41, 5.74) is 0.904. The first-order valence-electron chi connectivity index (χ1n) is 8.34. The SMILES string of the molecule is CCOC(=O)c1c(C)c(C(=O)Nc2ccc(F)c([N+](=O)[O-])c2)c(C)n1CC. The molecule has 1 amide bonds. The molecule has 2 aromatic rings. The van der Waals surface area contributed by atoms with Crippen LogP contribution in [0.15, 0.2) is 18.2 Å². The number of esters is 1. The molecule has 0 aliphatic carbocycles. The Labute approximate surface area is 155 Å². The summed E-state index contributed by atoms with van der Waals surface area (Å²) in [6.07, 6.45) is 0. The van der Waals surface area contributed by atoms with E-state index in [9.17, 15) is 24.1 Å². The van der Waals surface area contributed by atoms with Crippen LogP contribution in [-0.4, -0.2) is 28.0 Å². The van der Waals surface area contributed by atoms with Crippen LogP contribution in [0.1, 0.15) is 46.0 Å². The summed E-state index contributed by atoms with van der Waals surface area (Å²) in [6, 6.07) is 3.09. The van der Waals surface area contributed by atoms with Gasteiger partial charge >= 0.3 is 11.7 Å². The molecule has 9 heteroatoms. The quantitative estimate of drug-likeness (QED) is 0.471. The summed E-state index contributed by atoms with van der Waals surface area (Å²) in [5.74, 6) is -2.08. The van der Waals surface area contributed by atoms with Crippen molar-refractivity contribution < 1.29 is 23.6 Å². The second-order valence-electron chi connectivity index (χ2n) is 5.78. The van der Waals surface area contributed by atoms with Gasteiger partial charge in [-0.25, -0.2) is 4.79 Å². The lowest BCUT2D eigenvalue weighted by molar-refractivity contribution is -0.387. The third-order valence-corrected chi connectivity index (χ3v) is 4.18. The molecule has 0 aliphatic heterocycles. The number of rotatable bonds is 6. The van der Waals surface area contributed by atoms with E-state index < -0.39 is 28.3 Å². The van der Waals surface area contributed by atoms with Gasteiger partial charge in [0.05, 0.1) is 17.1 Å². The first kappa shape index (κ1) is 20.1. The Kier molecular flexibility index (Phi) is 5.94. The van der Waals surface area contributed by atoms with Gasteiger partial charge in [0.25, 0.3) is 5.91 Å². The lowest BCUT2D eigenvalue weighted by Gasteiger charge is -2.08. The molecule has 0 spiro atoms. The van der Waals surface area contributed by atoms with E-state index in [1.165, 1.54) is 6.07 Å². The van der Waals surface area contributed by atoms with Gasteiger partial charge in [-0.05, 0) is 45.4 Å². The van der Waals surface area contributed by atoms with E-state index in [-0.39, 0.29) is 23.6 Å². The van der Waals surface area contributed by atoms with Crippen molar-refractivity contribution in [3.8, 4) is 0 Å². The number of nitrogens with zero attached hydrogens (tertiary/aromatic N) is 2. The van der Waals surface area contributed by atoms with Gasteiger partial charge in [0.1, 0.15) is 5.69 Å². The van der Waals surface area contributed by atoms with Crippen LogP contribution in [0, 0.1) is 29.8 Å². The summed E-state index contributed by atoms with van der Waals surface area (Å²) in [4.78, 5) is 35.0. The number of nitro benzene ring substituents is 1. The second kappa shape index (κ2) is 7.98. The van der Waals surface area contributed by atoms with Crippen molar-refractivity contribution in [2.75, 3.05) is 11.9 Å². The average Bonchev–Trinajstić information content (AvgIpc) is 2.86. The average molecular weight is 377 g/mol. The van der Waals surface area contributed by atoms with Gasteiger partial charge in [-0.1, -0.05) is 0 Å². The Hall–Kier alpha value is -3.23. The van der Waals surface area contributed by atoms with Crippen LogP contribution < -0.4 is 5.32 Å². The Morgan fingerprint density at radius 2 is 1.96 bits per heavy atom. The third kappa shape index (κ3) is 3.81. The lowest BCUT2D eigenvalue weighted by atomic mass is 10.1. The zero-order valence-electron chi connectivity index (χ0n) is 15.5. The maximum Gasteiger partial charge on any atom is 0.355 e. The van der Waals surface area contributed by atoms with E-state index >= 15 is 0 Å². The molecule has 0 atom stereocenters. The van der Waals surface area contributed by atoms with E-state index in [1.54, 1.807) is 25.3 Å². The molecule has 1 N–H and O–H groups in total. The fourth-order valence-electron chi connectivity index (χ4n) is 3.01. The van der Waals surface area contributed by atoms with Crippen LogP contribution in [0.25, 0.3) is 0 Å². The number of anilines is 1. The maximum atomic E-state index is 13.5. The molecule has 2 rings (SSSR count). The Morgan fingerprint density at radius 1 is 1.30 bits per heavy atom. The van der Waals surface area contributed by atoms with Crippen LogP contribution in [-0.2, 0) is 11.3 Å². The van der Waals surface area contributed by atoms with Gasteiger partial charge in [-0.15, -0.1) is 0 Å². The molecular weight excluding hydrogens is 357 g/mol. The number of carbonyl (C=O) groups excluding carboxylic acids is 2. The number of nitro groups is 1. The van der Waals surface area contributed by atoms with E-state index in [1.807, 2.05) is 6.92 Å². The molecular formula is C18H20FN3O5. The first-order chi connectivity index (χ1) is 12.7. The van der Waals surface area contributed by atoms with E-state index in [2.05, 4.69) is 5.32 Å². The lowest BCUT2D eigenvalue weighted by Crippen LogP contribution is -2.14. The number of carbonyl (C=O) groups is 2. The highest BCUT2D eigenvalue weighted by molar-refractivity contribution is 6.08. The van der Waals surface area contributed by atoms with Gasteiger partial charge in [0, 0.05) is 24.0 Å². The molecule has 1 aromatic heterocycles. The molecule has 0 radical (unpaired) electrons. The summed E-state index contributed by atoms with van der Waals surface area (Å²) in [7, 11) is 0. The molecule has 0 aliphatic rings. The van der Waals surface area contributed by atoms with Gasteiger partial charge in [0.2, 0.25) is 5.82 Å². The molecule has 0 saturated heterocycles. The van der Waals surface area contributed by atoms with Crippen LogP contribution in [0.4, 0.5) is 15.8 Å². The van der Waals surface area contributed by atoms with Crippen LogP contribution in [0.2, 0.25) is 0 Å². The molecule has 0 fully saturated rings. The molecule has 8 nitrogen and oxygen atoms in total. The minimum absolute atomic E-state index is 0.0776. The van der Waals surface area contributed by atoms with E-state index in [0.29, 0.717) is 17.8 Å². The Balaban J connectivity index is 2.44. The number of ether oxygens (including phenoxy) is 1. The van der Waals surface area contributed by atoms with Crippen molar-refractivity contribution in [3.05, 3.63) is 56.6 Å². The Bertz CT molecular complexity index is 920. The van der Waals surface area contributed by atoms with Crippen LogP contribution in [0.5, 0.6) is 0 Å². The highest BCUT2D eigenvalue weighted by Crippen LogP contribution is 2.26. The molecule has 0 bridgehead atoms. The molecule has 1 heterocycles.